The molecular formula is C15H26N2O3. The summed E-state index contributed by atoms with van der Waals surface area (Å²) < 4.78 is 5.73. The van der Waals surface area contributed by atoms with E-state index >= 15 is 0 Å². The standard InChI is InChI=1S/C15H26N2O3/c1-15(7-3-2-4-13(15)18)9-16-14(19)17-11-8-10-5-6-12(11)20-10/h10-13,18H,2-9H2,1H3,(H2,16,17,19). The molecule has 0 aromatic carbocycles. The van der Waals surface area contributed by atoms with Gasteiger partial charge in [0.2, 0.25) is 0 Å². The highest BCUT2D eigenvalue weighted by Gasteiger charge is 2.41. The number of hydrogen-bond acceptors (Lipinski definition) is 3. The van der Waals surface area contributed by atoms with Crippen LogP contribution in [0.1, 0.15) is 51.9 Å². The monoisotopic (exact) mass is 282 g/mol. The third kappa shape index (κ3) is 2.79. The minimum atomic E-state index is -0.303. The molecule has 1 saturated carbocycles. The second-order valence-corrected chi connectivity index (χ2v) is 6.96. The minimum Gasteiger partial charge on any atom is -0.392 e. The lowest BCUT2D eigenvalue weighted by Crippen LogP contribution is -2.51. The van der Waals surface area contributed by atoms with Crippen molar-refractivity contribution in [2.24, 2.45) is 5.41 Å². The van der Waals surface area contributed by atoms with Gasteiger partial charge in [-0.3, -0.25) is 0 Å². The minimum absolute atomic E-state index is 0.120. The van der Waals surface area contributed by atoms with Crippen molar-refractivity contribution in [2.75, 3.05) is 6.54 Å². The van der Waals surface area contributed by atoms with Crippen molar-refractivity contribution in [3.63, 3.8) is 0 Å². The fraction of sp³-hybridized carbons (Fsp3) is 0.933. The number of aliphatic hydroxyl groups excluding tert-OH is 1. The number of amides is 2. The third-order valence-electron chi connectivity index (χ3n) is 5.36. The van der Waals surface area contributed by atoms with Gasteiger partial charge < -0.3 is 20.5 Å². The Morgan fingerprint density at radius 2 is 2.20 bits per heavy atom. The molecule has 2 aliphatic heterocycles. The molecular weight excluding hydrogens is 256 g/mol. The number of nitrogens with one attached hydrogen (secondary N) is 2. The number of carbonyl (C=O) groups is 1. The topological polar surface area (TPSA) is 70.6 Å². The predicted molar refractivity (Wildman–Crippen MR) is 75.4 cm³/mol. The fourth-order valence-corrected chi connectivity index (χ4v) is 3.88. The smallest absolute Gasteiger partial charge is 0.315 e. The predicted octanol–water partition coefficient (Wildman–Crippen LogP) is 1.55. The number of rotatable bonds is 3. The van der Waals surface area contributed by atoms with Crippen LogP contribution in [0, 0.1) is 5.41 Å². The maximum atomic E-state index is 12.0. The van der Waals surface area contributed by atoms with E-state index in [-0.39, 0.29) is 29.7 Å². The summed E-state index contributed by atoms with van der Waals surface area (Å²) in [5.41, 5.74) is -0.180. The first-order chi connectivity index (χ1) is 9.57. The van der Waals surface area contributed by atoms with Crippen molar-refractivity contribution in [3.8, 4) is 0 Å². The number of urea groups is 1. The molecule has 2 heterocycles. The van der Waals surface area contributed by atoms with Crippen LogP contribution in [0.5, 0.6) is 0 Å². The Bertz CT molecular complexity index is 376. The molecule has 20 heavy (non-hydrogen) atoms. The quantitative estimate of drug-likeness (QED) is 0.735. The van der Waals surface area contributed by atoms with Gasteiger partial charge in [0, 0.05) is 12.0 Å². The number of carbonyl (C=O) groups excluding carboxylic acids is 1. The highest BCUT2D eigenvalue weighted by molar-refractivity contribution is 5.74. The summed E-state index contributed by atoms with van der Waals surface area (Å²) in [6.07, 6.45) is 7.44. The molecule has 0 aromatic rings. The maximum absolute atomic E-state index is 12.0. The van der Waals surface area contributed by atoms with E-state index in [0.717, 1.165) is 44.9 Å². The molecule has 2 bridgehead atoms. The SMILES string of the molecule is CC1(CNC(=O)NC2CC3CCC2O3)CCCCC1O. The Morgan fingerprint density at radius 1 is 1.35 bits per heavy atom. The lowest BCUT2D eigenvalue weighted by molar-refractivity contribution is 0.00299. The zero-order chi connectivity index (χ0) is 14.2. The summed E-state index contributed by atoms with van der Waals surface area (Å²) in [5.74, 6) is 0. The van der Waals surface area contributed by atoms with Crippen LogP contribution in [-0.2, 0) is 4.74 Å². The molecule has 3 aliphatic rings. The number of ether oxygens (including phenoxy) is 1. The van der Waals surface area contributed by atoms with Crippen molar-refractivity contribution < 1.29 is 14.6 Å². The van der Waals surface area contributed by atoms with Crippen molar-refractivity contribution in [1.82, 2.24) is 10.6 Å². The van der Waals surface area contributed by atoms with Gasteiger partial charge in [-0.1, -0.05) is 19.8 Å². The Morgan fingerprint density at radius 3 is 2.85 bits per heavy atom. The summed E-state index contributed by atoms with van der Waals surface area (Å²) in [7, 11) is 0. The molecule has 0 aromatic heterocycles. The van der Waals surface area contributed by atoms with E-state index in [2.05, 4.69) is 17.6 Å². The van der Waals surface area contributed by atoms with Crippen LogP contribution in [0.2, 0.25) is 0 Å². The molecule has 0 radical (unpaired) electrons. The molecule has 5 heteroatoms. The molecule has 0 spiro atoms. The zero-order valence-corrected chi connectivity index (χ0v) is 12.2. The van der Waals surface area contributed by atoms with E-state index in [1.54, 1.807) is 0 Å². The van der Waals surface area contributed by atoms with Crippen LogP contribution in [0.15, 0.2) is 0 Å². The van der Waals surface area contributed by atoms with E-state index < -0.39 is 0 Å². The summed E-state index contributed by atoms with van der Waals surface area (Å²) in [6, 6.07) is 0.0444. The lowest BCUT2D eigenvalue weighted by atomic mass is 9.73. The van der Waals surface area contributed by atoms with Crippen molar-refractivity contribution in [2.45, 2.75) is 76.2 Å². The normalized spacial score (nSPS) is 43.5. The second-order valence-electron chi connectivity index (χ2n) is 6.96. The molecule has 2 saturated heterocycles. The molecule has 3 fully saturated rings. The highest BCUT2D eigenvalue weighted by atomic mass is 16.5. The van der Waals surface area contributed by atoms with Gasteiger partial charge in [-0.05, 0) is 32.1 Å². The fourth-order valence-electron chi connectivity index (χ4n) is 3.88. The molecule has 1 aliphatic carbocycles. The summed E-state index contributed by atoms with van der Waals surface area (Å²) in [5, 5.41) is 16.1. The van der Waals surface area contributed by atoms with Crippen LogP contribution < -0.4 is 10.6 Å². The summed E-state index contributed by atoms with van der Waals surface area (Å²) >= 11 is 0. The van der Waals surface area contributed by atoms with Gasteiger partial charge in [0.1, 0.15) is 0 Å². The molecule has 2 amide bonds. The van der Waals surface area contributed by atoms with Gasteiger partial charge in [0.15, 0.2) is 0 Å². The summed E-state index contributed by atoms with van der Waals surface area (Å²) in [4.78, 5) is 12.0. The zero-order valence-electron chi connectivity index (χ0n) is 12.2. The van der Waals surface area contributed by atoms with E-state index in [9.17, 15) is 9.90 Å². The van der Waals surface area contributed by atoms with Gasteiger partial charge >= 0.3 is 6.03 Å². The summed E-state index contributed by atoms with van der Waals surface area (Å²) in [6.45, 7) is 2.61. The van der Waals surface area contributed by atoms with Crippen LogP contribution in [-0.4, -0.2) is 42.0 Å². The number of aliphatic hydroxyl groups is 1. The first kappa shape index (κ1) is 14.1. The molecule has 114 valence electrons. The second kappa shape index (κ2) is 5.53. The van der Waals surface area contributed by atoms with Gasteiger partial charge in [-0.2, -0.15) is 0 Å². The molecule has 3 N–H and O–H groups in total. The Kier molecular flexibility index (Phi) is 3.91. The highest BCUT2D eigenvalue weighted by Crippen LogP contribution is 2.36. The Hall–Kier alpha value is -0.810. The van der Waals surface area contributed by atoms with Crippen LogP contribution in [0.4, 0.5) is 4.79 Å². The van der Waals surface area contributed by atoms with E-state index in [4.69, 9.17) is 4.74 Å². The average molecular weight is 282 g/mol. The van der Waals surface area contributed by atoms with Crippen LogP contribution in [0.25, 0.3) is 0 Å². The van der Waals surface area contributed by atoms with Crippen LogP contribution >= 0.6 is 0 Å². The maximum Gasteiger partial charge on any atom is 0.315 e. The number of hydrogen-bond donors (Lipinski definition) is 3. The molecule has 5 nitrogen and oxygen atoms in total. The van der Waals surface area contributed by atoms with Crippen molar-refractivity contribution in [1.29, 1.82) is 0 Å². The first-order valence-electron chi connectivity index (χ1n) is 7.95. The first-order valence-corrected chi connectivity index (χ1v) is 7.95. The van der Waals surface area contributed by atoms with Crippen molar-refractivity contribution >= 4 is 6.03 Å². The average Bonchev–Trinajstić information content (AvgIpc) is 3.03. The van der Waals surface area contributed by atoms with Gasteiger partial charge in [-0.15, -0.1) is 0 Å². The van der Waals surface area contributed by atoms with E-state index in [1.165, 1.54) is 0 Å². The molecule has 3 rings (SSSR count). The Labute approximate surface area is 120 Å². The Balaban J connectivity index is 1.45. The van der Waals surface area contributed by atoms with E-state index in [1.807, 2.05) is 0 Å². The van der Waals surface area contributed by atoms with Gasteiger partial charge in [0.05, 0.1) is 24.4 Å². The van der Waals surface area contributed by atoms with Crippen LogP contribution in [0.3, 0.4) is 0 Å². The number of fused-ring (bicyclic) bond motifs is 2. The largest absolute Gasteiger partial charge is 0.392 e. The molecule has 5 atom stereocenters. The van der Waals surface area contributed by atoms with E-state index in [0.29, 0.717) is 12.6 Å². The molecule has 5 unspecified atom stereocenters. The van der Waals surface area contributed by atoms with Crippen molar-refractivity contribution in [3.05, 3.63) is 0 Å². The third-order valence-corrected chi connectivity index (χ3v) is 5.36. The van der Waals surface area contributed by atoms with Gasteiger partial charge in [0.25, 0.3) is 0 Å². The van der Waals surface area contributed by atoms with Gasteiger partial charge in [-0.25, -0.2) is 4.79 Å². The lowest BCUT2D eigenvalue weighted by Gasteiger charge is -2.38.